The van der Waals surface area contributed by atoms with E-state index in [0.29, 0.717) is 13.2 Å². The van der Waals surface area contributed by atoms with Gasteiger partial charge in [0, 0.05) is 18.8 Å². The highest BCUT2D eigenvalue weighted by Gasteiger charge is 2.33. The topological polar surface area (TPSA) is 68.2 Å². The Labute approximate surface area is 107 Å². The summed E-state index contributed by atoms with van der Waals surface area (Å²) in [5, 5.41) is 10.3. The Balaban J connectivity index is 1.94. The van der Waals surface area contributed by atoms with Crippen molar-refractivity contribution in [3.05, 3.63) is 12.4 Å². The zero-order valence-electron chi connectivity index (χ0n) is 10.8. The van der Waals surface area contributed by atoms with Gasteiger partial charge in [0.2, 0.25) is 5.91 Å². The zero-order chi connectivity index (χ0) is 13.0. The number of nitrogens with zero attached hydrogens (tertiary/aromatic N) is 2. The average molecular weight is 252 g/mol. The van der Waals surface area contributed by atoms with Crippen molar-refractivity contribution in [2.45, 2.75) is 26.4 Å². The van der Waals surface area contributed by atoms with Gasteiger partial charge in [0.15, 0.2) is 0 Å². The predicted octanol–water partition coefficient (Wildman–Crippen LogP) is 0.466. The number of aromatic nitrogens is 2. The van der Waals surface area contributed by atoms with Gasteiger partial charge in [0.05, 0.1) is 31.0 Å². The Morgan fingerprint density at radius 2 is 2.39 bits per heavy atom. The van der Waals surface area contributed by atoms with Crippen LogP contribution in [-0.2, 0) is 16.1 Å². The van der Waals surface area contributed by atoms with Crippen molar-refractivity contribution >= 4 is 11.6 Å². The number of carbonyl (C=O) groups is 1. The minimum atomic E-state index is -0.130. The van der Waals surface area contributed by atoms with E-state index in [-0.39, 0.29) is 17.9 Å². The van der Waals surface area contributed by atoms with Crippen molar-refractivity contribution in [1.82, 2.24) is 15.1 Å². The number of hydrogen-bond acceptors (Lipinski definition) is 4. The third-order valence-electron chi connectivity index (χ3n) is 3.11. The molecule has 2 atom stereocenters. The lowest BCUT2D eigenvalue weighted by Crippen LogP contribution is -2.41. The second-order valence-electron chi connectivity index (χ2n) is 4.38. The zero-order valence-corrected chi connectivity index (χ0v) is 10.8. The Kier molecular flexibility index (Phi) is 4.33. The van der Waals surface area contributed by atoms with Gasteiger partial charge >= 0.3 is 0 Å². The van der Waals surface area contributed by atoms with Crippen LogP contribution >= 0.6 is 0 Å². The molecule has 6 heteroatoms. The third kappa shape index (κ3) is 2.88. The lowest BCUT2D eigenvalue weighted by atomic mass is 10.0. The van der Waals surface area contributed by atoms with E-state index in [0.717, 1.165) is 18.8 Å². The summed E-state index contributed by atoms with van der Waals surface area (Å²) in [7, 11) is 0. The van der Waals surface area contributed by atoms with E-state index < -0.39 is 0 Å². The Morgan fingerprint density at radius 1 is 1.56 bits per heavy atom. The highest BCUT2D eigenvalue weighted by atomic mass is 16.5. The minimum Gasteiger partial charge on any atom is -0.379 e. The monoisotopic (exact) mass is 252 g/mol. The van der Waals surface area contributed by atoms with E-state index in [1.165, 1.54) is 0 Å². The van der Waals surface area contributed by atoms with Crippen LogP contribution in [0.25, 0.3) is 0 Å². The van der Waals surface area contributed by atoms with Crippen LogP contribution in [0.3, 0.4) is 0 Å². The maximum atomic E-state index is 12.1. The first kappa shape index (κ1) is 13.0. The van der Waals surface area contributed by atoms with E-state index in [4.69, 9.17) is 4.74 Å². The molecular formula is C12H20N4O2. The quantitative estimate of drug-likeness (QED) is 0.799. The van der Waals surface area contributed by atoms with Crippen molar-refractivity contribution in [3.8, 4) is 0 Å². The predicted molar refractivity (Wildman–Crippen MR) is 68.3 cm³/mol. The summed E-state index contributed by atoms with van der Waals surface area (Å²) in [6.07, 6.45) is 3.50. The molecule has 0 aliphatic carbocycles. The van der Waals surface area contributed by atoms with E-state index in [1.807, 2.05) is 20.0 Å². The number of hydrogen-bond donors (Lipinski definition) is 2. The lowest BCUT2D eigenvalue weighted by molar-refractivity contribution is -0.120. The van der Waals surface area contributed by atoms with Crippen molar-refractivity contribution in [1.29, 1.82) is 0 Å². The number of anilines is 1. The molecule has 0 spiro atoms. The van der Waals surface area contributed by atoms with Crippen molar-refractivity contribution in [2.24, 2.45) is 5.92 Å². The van der Waals surface area contributed by atoms with Gasteiger partial charge < -0.3 is 15.4 Å². The molecule has 2 rings (SSSR count). The fourth-order valence-electron chi connectivity index (χ4n) is 2.11. The molecule has 100 valence electrons. The standard InChI is InChI=1S/C12H20N4O2/c1-3-13-11-8-18-7-10(11)12(17)15-9-5-14-16(4-2)6-9/h5-6,10-11,13H,3-4,7-8H2,1-2H3,(H,15,17). The van der Waals surface area contributed by atoms with Gasteiger partial charge in [0.25, 0.3) is 0 Å². The summed E-state index contributed by atoms with van der Waals surface area (Å²) in [6, 6.07) is 0.108. The molecule has 1 aromatic rings. The van der Waals surface area contributed by atoms with Crippen LogP contribution in [-0.4, -0.2) is 41.5 Å². The van der Waals surface area contributed by atoms with E-state index in [2.05, 4.69) is 15.7 Å². The summed E-state index contributed by atoms with van der Waals surface area (Å²) in [4.78, 5) is 12.1. The molecule has 1 aromatic heterocycles. The fraction of sp³-hybridized carbons (Fsp3) is 0.667. The molecule has 0 saturated carbocycles. The molecule has 1 aliphatic rings. The molecule has 0 radical (unpaired) electrons. The Morgan fingerprint density at radius 3 is 3.06 bits per heavy atom. The third-order valence-corrected chi connectivity index (χ3v) is 3.11. The first-order chi connectivity index (χ1) is 8.74. The molecule has 18 heavy (non-hydrogen) atoms. The number of rotatable bonds is 5. The molecule has 2 heterocycles. The van der Waals surface area contributed by atoms with Gasteiger partial charge in [-0.25, -0.2) is 0 Å². The second-order valence-corrected chi connectivity index (χ2v) is 4.38. The molecule has 2 N–H and O–H groups in total. The highest BCUT2D eigenvalue weighted by Crippen LogP contribution is 2.16. The van der Waals surface area contributed by atoms with Crippen LogP contribution in [0.2, 0.25) is 0 Å². The number of aryl methyl sites for hydroxylation is 1. The van der Waals surface area contributed by atoms with Gasteiger partial charge in [-0.3, -0.25) is 9.48 Å². The molecule has 6 nitrogen and oxygen atoms in total. The van der Waals surface area contributed by atoms with Crippen LogP contribution < -0.4 is 10.6 Å². The summed E-state index contributed by atoms with van der Waals surface area (Å²) >= 11 is 0. The van der Waals surface area contributed by atoms with Crippen LogP contribution in [0.15, 0.2) is 12.4 Å². The Bertz CT molecular complexity index is 405. The molecule has 0 bridgehead atoms. The first-order valence-corrected chi connectivity index (χ1v) is 6.39. The SMILES string of the molecule is CCNC1COCC1C(=O)Nc1cnn(CC)c1. The lowest BCUT2D eigenvalue weighted by Gasteiger charge is -2.17. The van der Waals surface area contributed by atoms with Crippen LogP contribution in [0.4, 0.5) is 5.69 Å². The van der Waals surface area contributed by atoms with E-state index >= 15 is 0 Å². The van der Waals surface area contributed by atoms with Crippen LogP contribution in [0, 0.1) is 5.92 Å². The van der Waals surface area contributed by atoms with Crippen molar-refractivity contribution < 1.29 is 9.53 Å². The van der Waals surface area contributed by atoms with Crippen molar-refractivity contribution in [2.75, 3.05) is 25.1 Å². The molecule has 1 fully saturated rings. The molecule has 0 aromatic carbocycles. The fourth-order valence-corrected chi connectivity index (χ4v) is 2.11. The van der Waals surface area contributed by atoms with Crippen LogP contribution in [0.1, 0.15) is 13.8 Å². The van der Waals surface area contributed by atoms with Gasteiger partial charge in [-0.1, -0.05) is 6.92 Å². The molecular weight excluding hydrogens is 232 g/mol. The van der Waals surface area contributed by atoms with Gasteiger partial charge in [0.1, 0.15) is 0 Å². The van der Waals surface area contributed by atoms with E-state index in [9.17, 15) is 4.79 Å². The summed E-state index contributed by atoms with van der Waals surface area (Å²) in [6.45, 7) is 6.74. The van der Waals surface area contributed by atoms with E-state index in [1.54, 1.807) is 10.9 Å². The highest BCUT2D eigenvalue weighted by molar-refractivity contribution is 5.93. The normalized spacial score (nSPS) is 23.2. The van der Waals surface area contributed by atoms with Gasteiger partial charge in [-0.05, 0) is 13.5 Å². The summed E-state index contributed by atoms with van der Waals surface area (Å²) in [5.41, 5.74) is 0.740. The number of carbonyl (C=O) groups excluding carboxylic acids is 1. The summed E-state index contributed by atoms with van der Waals surface area (Å²) < 4.78 is 7.14. The number of likely N-dealkylation sites (N-methyl/N-ethyl adjacent to an activating group) is 1. The molecule has 1 saturated heterocycles. The Hall–Kier alpha value is -1.40. The number of nitrogens with one attached hydrogen (secondary N) is 2. The minimum absolute atomic E-state index is 0.00546. The smallest absolute Gasteiger partial charge is 0.231 e. The number of ether oxygens (including phenoxy) is 1. The summed E-state index contributed by atoms with van der Waals surface area (Å²) in [5.74, 6) is -0.135. The van der Waals surface area contributed by atoms with Gasteiger partial charge in [-0.15, -0.1) is 0 Å². The largest absolute Gasteiger partial charge is 0.379 e. The average Bonchev–Trinajstić information content (AvgIpc) is 2.98. The van der Waals surface area contributed by atoms with Crippen molar-refractivity contribution in [3.63, 3.8) is 0 Å². The molecule has 2 unspecified atom stereocenters. The number of amides is 1. The van der Waals surface area contributed by atoms with Crippen LogP contribution in [0.5, 0.6) is 0 Å². The van der Waals surface area contributed by atoms with Gasteiger partial charge in [-0.2, -0.15) is 5.10 Å². The first-order valence-electron chi connectivity index (χ1n) is 6.39. The second kappa shape index (κ2) is 5.97. The molecule has 1 amide bonds. The maximum Gasteiger partial charge on any atom is 0.231 e. The maximum absolute atomic E-state index is 12.1. The molecule has 1 aliphatic heterocycles.